The van der Waals surface area contributed by atoms with Crippen LogP contribution in [0.15, 0.2) is 29.2 Å². The molecule has 1 unspecified atom stereocenters. The maximum absolute atomic E-state index is 11.8. The van der Waals surface area contributed by atoms with Crippen molar-refractivity contribution in [1.29, 1.82) is 0 Å². The Balaban J connectivity index is 2.71. The minimum atomic E-state index is -0.982. The van der Waals surface area contributed by atoms with Gasteiger partial charge in [-0.1, -0.05) is 26.0 Å². The monoisotopic (exact) mass is 240 g/mol. The van der Waals surface area contributed by atoms with Gasteiger partial charge in [-0.25, -0.2) is 0 Å². The van der Waals surface area contributed by atoms with Gasteiger partial charge in [0.2, 0.25) is 0 Å². The van der Waals surface area contributed by atoms with E-state index in [2.05, 4.69) is 0 Å². The number of rotatable bonds is 5. The Morgan fingerprint density at radius 1 is 1.31 bits per heavy atom. The second-order valence-corrected chi connectivity index (χ2v) is 5.62. The third kappa shape index (κ3) is 4.14. The van der Waals surface area contributed by atoms with Crippen LogP contribution in [-0.2, 0) is 22.0 Å². The van der Waals surface area contributed by atoms with Gasteiger partial charge in [-0.3, -0.25) is 9.00 Å². The number of hydrogen-bond acceptors (Lipinski definition) is 2. The van der Waals surface area contributed by atoms with E-state index in [9.17, 15) is 9.00 Å². The van der Waals surface area contributed by atoms with Gasteiger partial charge in [0, 0.05) is 10.6 Å². The average Bonchev–Trinajstić information content (AvgIpc) is 2.16. The lowest BCUT2D eigenvalue weighted by Gasteiger charge is -2.05. The van der Waals surface area contributed by atoms with Crippen LogP contribution in [0.4, 0.5) is 0 Å². The van der Waals surface area contributed by atoms with E-state index >= 15 is 0 Å². The highest BCUT2D eigenvalue weighted by atomic mass is 32.2. The van der Waals surface area contributed by atoms with Crippen LogP contribution in [0.2, 0.25) is 0 Å². The fourth-order valence-corrected chi connectivity index (χ4v) is 2.57. The maximum Gasteiger partial charge on any atom is 0.307 e. The lowest BCUT2D eigenvalue weighted by atomic mass is 10.2. The molecule has 0 aliphatic rings. The normalized spacial score (nSPS) is 12.7. The molecule has 1 N–H and O–H groups in total. The Morgan fingerprint density at radius 2 is 1.88 bits per heavy atom. The summed E-state index contributed by atoms with van der Waals surface area (Å²) in [6.07, 6.45) is 0.0110. The minimum absolute atomic E-state index is 0.0110. The highest BCUT2D eigenvalue weighted by Gasteiger charge is 2.07. The molecule has 0 amide bonds. The Morgan fingerprint density at radius 3 is 2.31 bits per heavy atom. The Hall–Kier alpha value is -1.16. The Labute approximate surface area is 98.0 Å². The standard InChI is InChI=1S/C12H16O3S/c1-9(2)8-16(15)11-5-3-10(4-6-11)7-12(13)14/h3-6,9H,7-8H2,1-2H3,(H,13,14). The summed E-state index contributed by atoms with van der Waals surface area (Å²) in [4.78, 5) is 11.2. The maximum atomic E-state index is 11.8. The van der Waals surface area contributed by atoms with Crippen LogP contribution in [0.1, 0.15) is 19.4 Å². The van der Waals surface area contributed by atoms with E-state index in [0.29, 0.717) is 11.7 Å². The molecule has 1 rings (SSSR count). The second kappa shape index (κ2) is 5.80. The highest BCUT2D eigenvalue weighted by Crippen LogP contribution is 2.11. The molecule has 0 radical (unpaired) electrons. The Bertz CT molecular complexity index is 382. The number of carboxylic acid groups (broad SMARTS) is 1. The van der Waals surface area contributed by atoms with Crippen molar-refractivity contribution in [3.63, 3.8) is 0 Å². The van der Waals surface area contributed by atoms with Crippen LogP contribution < -0.4 is 0 Å². The van der Waals surface area contributed by atoms with Gasteiger partial charge in [0.1, 0.15) is 0 Å². The van der Waals surface area contributed by atoms with Crippen molar-refractivity contribution in [2.75, 3.05) is 5.75 Å². The third-order valence-corrected chi connectivity index (χ3v) is 3.79. The van der Waals surface area contributed by atoms with Gasteiger partial charge in [0.05, 0.1) is 17.2 Å². The quantitative estimate of drug-likeness (QED) is 0.857. The number of hydrogen-bond donors (Lipinski definition) is 1. The second-order valence-electron chi connectivity index (χ2n) is 4.12. The number of carbonyl (C=O) groups is 1. The van der Waals surface area contributed by atoms with Gasteiger partial charge < -0.3 is 5.11 Å². The van der Waals surface area contributed by atoms with Gasteiger partial charge >= 0.3 is 5.97 Å². The van der Waals surface area contributed by atoms with Crippen LogP contribution in [0.3, 0.4) is 0 Å². The van der Waals surface area contributed by atoms with Crippen molar-refractivity contribution in [2.24, 2.45) is 5.92 Å². The van der Waals surface area contributed by atoms with Crippen molar-refractivity contribution < 1.29 is 14.1 Å². The van der Waals surface area contributed by atoms with Crippen molar-refractivity contribution in [3.8, 4) is 0 Å². The molecule has 0 bridgehead atoms. The molecule has 1 atom stereocenters. The van der Waals surface area contributed by atoms with Crippen molar-refractivity contribution in [1.82, 2.24) is 0 Å². The summed E-state index contributed by atoms with van der Waals surface area (Å²) in [5, 5.41) is 8.60. The zero-order chi connectivity index (χ0) is 12.1. The molecule has 0 heterocycles. The summed E-state index contributed by atoms with van der Waals surface area (Å²) >= 11 is 0. The molecule has 0 saturated carbocycles. The first-order valence-electron chi connectivity index (χ1n) is 5.18. The Kier molecular flexibility index (Phi) is 4.68. The first-order valence-corrected chi connectivity index (χ1v) is 6.50. The van der Waals surface area contributed by atoms with Crippen molar-refractivity contribution in [3.05, 3.63) is 29.8 Å². The van der Waals surface area contributed by atoms with E-state index in [-0.39, 0.29) is 6.42 Å². The summed E-state index contributed by atoms with van der Waals surface area (Å²) < 4.78 is 11.8. The molecule has 0 fully saturated rings. The van der Waals surface area contributed by atoms with Crippen LogP contribution in [0.5, 0.6) is 0 Å². The van der Waals surface area contributed by atoms with Gasteiger partial charge in [0.25, 0.3) is 0 Å². The van der Waals surface area contributed by atoms with Crippen molar-refractivity contribution >= 4 is 16.8 Å². The highest BCUT2D eigenvalue weighted by molar-refractivity contribution is 7.85. The van der Waals surface area contributed by atoms with E-state index < -0.39 is 16.8 Å². The summed E-state index contributed by atoms with van der Waals surface area (Å²) in [6.45, 7) is 4.05. The van der Waals surface area contributed by atoms with Crippen molar-refractivity contribution in [2.45, 2.75) is 25.2 Å². The molecule has 0 aromatic heterocycles. The summed E-state index contributed by atoms with van der Waals surface area (Å²) in [5.74, 6) is 0.175. The number of benzene rings is 1. The van der Waals surface area contributed by atoms with Crippen LogP contribution >= 0.6 is 0 Å². The van der Waals surface area contributed by atoms with Gasteiger partial charge in [0.15, 0.2) is 0 Å². The summed E-state index contributed by atoms with van der Waals surface area (Å²) in [6, 6.07) is 6.94. The van der Waals surface area contributed by atoms with E-state index in [1.807, 2.05) is 13.8 Å². The van der Waals surface area contributed by atoms with Gasteiger partial charge in [-0.2, -0.15) is 0 Å². The lowest BCUT2D eigenvalue weighted by Crippen LogP contribution is -2.05. The molecule has 0 saturated heterocycles. The van der Waals surface area contributed by atoms with E-state index in [0.717, 1.165) is 10.5 Å². The molecular weight excluding hydrogens is 224 g/mol. The largest absolute Gasteiger partial charge is 0.481 e. The fourth-order valence-electron chi connectivity index (χ4n) is 1.33. The lowest BCUT2D eigenvalue weighted by molar-refractivity contribution is -0.136. The van der Waals surface area contributed by atoms with Gasteiger partial charge in [-0.05, 0) is 23.6 Å². The topological polar surface area (TPSA) is 54.4 Å². The van der Waals surface area contributed by atoms with E-state index in [4.69, 9.17) is 5.11 Å². The zero-order valence-electron chi connectivity index (χ0n) is 9.47. The molecule has 1 aromatic carbocycles. The first kappa shape index (κ1) is 12.9. The predicted octanol–water partition coefficient (Wildman–Crippen LogP) is 2.08. The zero-order valence-corrected chi connectivity index (χ0v) is 10.3. The van der Waals surface area contributed by atoms with Gasteiger partial charge in [-0.15, -0.1) is 0 Å². The minimum Gasteiger partial charge on any atom is -0.481 e. The van der Waals surface area contributed by atoms with Crippen LogP contribution in [-0.4, -0.2) is 21.0 Å². The molecule has 88 valence electrons. The number of carboxylic acids is 1. The fraction of sp³-hybridized carbons (Fsp3) is 0.417. The SMILES string of the molecule is CC(C)CS(=O)c1ccc(CC(=O)O)cc1. The van der Waals surface area contributed by atoms with Crippen LogP contribution in [0.25, 0.3) is 0 Å². The smallest absolute Gasteiger partial charge is 0.307 e. The first-order chi connectivity index (χ1) is 7.49. The molecule has 3 nitrogen and oxygen atoms in total. The van der Waals surface area contributed by atoms with E-state index in [1.54, 1.807) is 24.3 Å². The van der Waals surface area contributed by atoms with Crippen LogP contribution in [0, 0.1) is 5.92 Å². The predicted molar refractivity (Wildman–Crippen MR) is 63.9 cm³/mol. The molecular formula is C12H16O3S. The molecule has 0 aliphatic carbocycles. The molecule has 0 aliphatic heterocycles. The molecule has 16 heavy (non-hydrogen) atoms. The number of aliphatic carboxylic acids is 1. The summed E-state index contributed by atoms with van der Waals surface area (Å²) in [5.41, 5.74) is 0.734. The molecule has 0 spiro atoms. The molecule has 4 heteroatoms. The average molecular weight is 240 g/mol. The van der Waals surface area contributed by atoms with E-state index in [1.165, 1.54) is 0 Å². The third-order valence-electron chi connectivity index (χ3n) is 2.03. The summed E-state index contributed by atoms with van der Waals surface area (Å²) in [7, 11) is -0.982. The molecule has 1 aromatic rings.